The molecule has 2 aromatic carbocycles. The van der Waals surface area contributed by atoms with Crippen LogP contribution in [0.25, 0.3) is 0 Å². The molecule has 0 heterocycles. The molecule has 2 saturated carbocycles. The molecule has 0 amide bonds. The summed E-state index contributed by atoms with van der Waals surface area (Å²) < 4.78 is 17.1. The van der Waals surface area contributed by atoms with Crippen molar-refractivity contribution in [3.8, 4) is 0 Å². The minimum Gasteiger partial charge on any atom is -0.481 e. The molecular formula is C30H40O7. The molecule has 6 atom stereocenters. The van der Waals surface area contributed by atoms with E-state index in [1.807, 2.05) is 60.7 Å². The van der Waals surface area contributed by atoms with Crippen molar-refractivity contribution in [1.82, 2.24) is 0 Å². The van der Waals surface area contributed by atoms with Gasteiger partial charge in [-0.05, 0) is 56.6 Å². The fraction of sp³-hybridized carbons (Fsp3) is 0.533. The Kier molecular flexibility index (Phi) is 11.7. The number of hydrogen-bond acceptors (Lipinski definition) is 6. The number of Topliss-reactive ketones (excluding diaryl/α,β-unsaturated/α-hetero) is 1. The number of carboxylic acids is 1. The van der Waals surface area contributed by atoms with Gasteiger partial charge in [-0.15, -0.1) is 0 Å². The summed E-state index contributed by atoms with van der Waals surface area (Å²) in [6, 6.07) is 19.8. The Hall–Kier alpha value is -2.58. The van der Waals surface area contributed by atoms with Crippen LogP contribution in [0.5, 0.6) is 0 Å². The summed E-state index contributed by atoms with van der Waals surface area (Å²) in [4.78, 5) is 22.5. The fourth-order valence-electron chi connectivity index (χ4n) is 4.99. The van der Waals surface area contributed by atoms with Crippen LogP contribution in [0.15, 0.2) is 60.7 Å². The lowest BCUT2D eigenvalue weighted by Crippen LogP contribution is -2.39. The predicted molar refractivity (Wildman–Crippen MR) is 140 cm³/mol. The van der Waals surface area contributed by atoms with E-state index in [1.54, 1.807) is 14.0 Å². The van der Waals surface area contributed by atoms with E-state index in [2.05, 4.69) is 0 Å². The highest BCUT2D eigenvalue weighted by atomic mass is 16.5. The number of rotatable bonds is 9. The maximum Gasteiger partial charge on any atom is 0.306 e. The van der Waals surface area contributed by atoms with Gasteiger partial charge in [0.1, 0.15) is 5.78 Å². The molecule has 4 rings (SSSR count). The molecule has 7 heteroatoms. The number of benzene rings is 2. The van der Waals surface area contributed by atoms with Gasteiger partial charge in [-0.2, -0.15) is 0 Å². The van der Waals surface area contributed by atoms with Crippen molar-refractivity contribution in [2.75, 3.05) is 7.11 Å². The molecule has 2 aliphatic carbocycles. The zero-order chi connectivity index (χ0) is 26.6. The zero-order valence-corrected chi connectivity index (χ0v) is 21.8. The third-order valence-electron chi connectivity index (χ3n) is 7.33. The smallest absolute Gasteiger partial charge is 0.306 e. The Bertz CT molecular complexity index is 949. The van der Waals surface area contributed by atoms with Crippen LogP contribution in [-0.4, -0.2) is 53.5 Å². The van der Waals surface area contributed by atoms with Gasteiger partial charge in [-0.25, -0.2) is 0 Å². The van der Waals surface area contributed by atoms with Gasteiger partial charge >= 0.3 is 5.97 Å². The van der Waals surface area contributed by atoms with Crippen molar-refractivity contribution < 1.29 is 34.0 Å². The molecule has 7 nitrogen and oxygen atoms in total. The highest BCUT2D eigenvalue weighted by Gasteiger charge is 2.34. The largest absolute Gasteiger partial charge is 0.481 e. The minimum absolute atomic E-state index is 0.0212. The molecule has 37 heavy (non-hydrogen) atoms. The molecule has 0 aliphatic heterocycles. The number of carbonyl (C=O) groups excluding carboxylic acids is 1. The lowest BCUT2D eigenvalue weighted by atomic mass is 9.83. The highest BCUT2D eigenvalue weighted by Crippen LogP contribution is 2.30. The molecule has 0 radical (unpaired) electrons. The first kappa shape index (κ1) is 29.0. The monoisotopic (exact) mass is 512 g/mol. The topological polar surface area (TPSA) is 102 Å². The predicted octanol–water partition coefficient (Wildman–Crippen LogP) is 4.79. The Balaban J connectivity index is 0.000000206. The first-order valence-corrected chi connectivity index (χ1v) is 13.1. The van der Waals surface area contributed by atoms with Crippen molar-refractivity contribution in [2.45, 2.75) is 83.1 Å². The van der Waals surface area contributed by atoms with Crippen LogP contribution in [0.3, 0.4) is 0 Å². The second-order valence-electron chi connectivity index (χ2n) is 9.98. The number of carbonyl (C=O) groups is 2. The van der Waals surface area contributed by atoms with Crippen molar-refractivity contribution in [2.24, 2.45) is 11.8 Å². The Morgan fingerprint density at radius 3 is 1.78 bits per heavy atom. The van der Waals surface area contributed by atoms with Crippen LogP contribution in [0, 0.1) is 11.8 Å². The van der Waals surface area contributed by atoms with Gasteiger partial charge in [0.2, 0.25) is 0 Å². The summed E-state index contributed by atoms with van der Waals surface area (Å²) in [6.45, 7) is 2.66. The summed E-state index contributed by atoms with van der Waals surface area (Å²) in [5, 5.41) is 18.8. The maximum absolute atomic E-state index is 11.5. The molecule has 2 aliphatic rings. The number of ketones is 1. The Morgan fingerprint density at radius 2 is 1.27 bits per heavy atom. The van der Waals surface area contributed by atoms with Crippen molar-refractivity contribution in [1.29, 1.82) is 0 Å². The van der Waals surface area contributed by atoms with Crippen LogP contribution in [0.2, 0.25) is 0 Å². The van der Waals surface area contributed by atoms with Gasteiger partial charge in [0.25, 0.3) is 0 Å². The molecule has 0 aromatic heterocycles. The summed E-state index contributed by atoms with van der Waals surface area (Å²) in [5.74, 6) is -0.792. The SMILES string of the molecule is COC1CCC(C(C)=O)CC1OCc1ccccc1.O=C(O)C1CCC(O)C(OCc2ccccc2)C1. The maximum atomic E-state index is 11.5. The molecule has 0 saturated heterocycles. The van der Waals surface area contributed by atoms with E-state index in [9.17, 15) is 14.7 Å². The number of hydrogen-bond donors (Lipinski definition) is 2. The molecule has 0 spiro atoms. The fourth-order valence-corrected chi connectivity index (χ4v) is 4.99. The molecule has 0 bridgehead atoms. The molecule has 202 valence electrons. The number of aliphatic carboxylic acids is 1. The third-order valence-corrected chi connectivity index (χ3v) is 7.33. The number of carboxylic acid groups (broad SMARTS) is 1. The van der Waals surface area contributed by atoms with Crippen molar-refractivity contribution in [3.05, 3.63) is 71.8 Å². The normalized spacial score (nSPS) is 27.5. The molecule has 6 unspecified atom stereocenters. The Morgan fingerprint density at radius 1 is 0.757 bits per heavy atom. The van der Waals surface area contributed by atoms with E-state index >= 15 is 0 Å². The second-order valence-corrected chi connectivity index (χ2v) is 9.98. The lowest BCUT2D eigenvalue weighted by molar-refractivity contribution is -0.148. The number of ether oxygens (including phenoxy) is 3. The molecule has 2 N–H and O–H groups in total. The Labute approximate surface area is 219 Å². The average molecular weight is 513 g/mol. The van der Waals surface area contributed by atoms with Gasteiger partial charge in [0, 0.05) is 13.0 Å². The highest BCUT2D eigenvalue weighted by molar-refractivity contribution is 5.78. The summed E-state index contributed by atoms with van der Waals surface area (Å²) in [7, 11) is 1.72. The number of methoxy groups -OCH3 is 1. The first-order chi connectivity index (χ1) is 17.9. The summed E-state index contributed by atoms with van der Waals surface area (Å²) >= 11 is 0. The number of aliphatic hydroxyl groups excluding tert-OH is 1. The molecule has 2 fully saturated rings. The van der Waals surface area contributed by atoms with Gasteiger partial charge in [-0.1, -0.05) is 60.7 Å². The van der Waals surface area contributed by atoms with Crippen LogP contribution in [0.1, 0.15) is 56.6 Å². The quantitative estimate of drug-likeness (QED) is 0.498. The standard InChI is InChI=1S/C16H22O3.C14H18O4/c1-12(17)14-8-9-15(18-2)16(10-14)19-11-13-6-4-3-5-7-13;15-12-7-6-11(14(16)17)8-13(12)18-9-10-4-2-1-3-5-10/h3-7,14-16H,8-11H2,1-2H3;1-5,11-13,15H,6-9H2,(H,16,17). The second kappa shape index (κ2) is 15.0. The van der Waals surface area contributed by atoms with Gasteiger partial charge < -0.3 is 24.4 Å². The minimum atomic E-state index is -0.796. The van der Waals surface area contributed by atoms with E-state index in [-0.39, 0.29) is 30.0 Å². The average Bonchev–Trinajstić information content (AvgIpc) is 2.92. The van der Waals surface area contributed by atoms with Crippen molar-refractivity contribution >= 4 is 11.8 Å². The van der Waals surface area contributed by atoms with Gasteiger partial charge in [0.05, 0.1) is 43.5 Å². The summed E-state index contributed by atoms with van der Waals surface area (Å²) in [5.41, 5.74) is 2.18. The van der Waals surface area contributed by atoms with Crippen molar-refractivity contribution in [3.63, 3.8) is 0 Å². The van der Waals surface area contributed by atoms with Crippen LogP contribution >= 0.6 is 0 Å². The number of aliphatic hydroxyl groups is 1. The van der Waals surface area contributed by atoms with E-state index in [0.29, 0.717) is 32.5 Å². The molecular weight excluding hydrogens is 472 g/mol. The van der Waals surface area contributed by atoms with Gasteiger partial charge in [-0.3, -0.25) is 9.59 Å². The van der Waals surface area contributed by atoms with Crippen LogP contribution in [0.4, 0.5) is 0 Å². The molecule has 2 aromatic rings. The van der Waals surface area contributed by atoms with E-state index in [0.717, 1.165) is 30.4 Å². The third kappa shape index (κ3) is 9.34. The lowest BCUT2D eigenvalue weighted by Gasteiger charge is -2.34. The zero-order valence-electron chi connectivity index (χ0n) is 21.8. The van der Waals surface area contributed by atoms with Crippen LogP contribution < -0.4 is 0 Å². The van der Waals surface area contributed by atoms with Crippen LogP contribution in [-0.2, 0) is 37.0 Å². The van der Waals surface area contributed by atoms with E-state index < -0.39 is 18.0 Å². The van der Waals surface area contributed by atoms with E-state index in [4.69, 9.17) is 19.3 Å². The first-order valence-electron chi connectivity index (χ1n) is 13.1. The van der Waals surface area contributed by atoms with E-state index in [1.165, 1.54) is 0 Å². The summed E-state index contributed by atoms with van der Waals surface area (Å²) in [6.07, 6.45) is 3.22. The van der Waals surface area contributed by atoms with Gasteiger partial charge in [0.15, 0.2) is 0 Å².